The first kappa shape index (κ1) is 65.1. The molecule has 0 fully saturated rings. The highest BCUT2D eigenvalue weighted by atomic mass is 16.6. The van der Waals surface area contributed by atoms with E-state index in [0.29, 0.717) is 19.3 Å². The van der Waals surface area contributed by atoms with Crippen LogP contribution in [0.1, 0.15) is 342 Å². The molecule has 0 rings (SSSR count). The largest absolute Gasteiger partial charge is 0.462 e. The Labute approximate surface area is 418 Å². The Bertz CT molecular complexity index is 1040. The highest BCUT2D eigenvalue weighted by Crippen LogP contribution is 2.17. The third-order valence-electron chi connectivity index (χ3n) is 13.8. The van der Waals surface area contributed by atoms with E-state index in [4.69, 9.17) is 14.2 Å². The number of unbranched alkanes of at least 4 members (excludes halogenated alkanes) is 43. The first-order valence-electron chi connectivity index (χ1n) is 30.2. The lowest BCUT2D eigenvalue weighted by Crippen LogP contribution is -2.30. The van der Waals surface area contributed by atoms with Crippen molar-refractivity contribution in [3.63, 3.8) is 0 Å². The molecule has 0 aliphatic heterocycles. The predicted octanol–water partition coefficient (Wildman–Crippen LogP) is 20.1. The molecule has 0 amide bonds. The number of allylic oxidation sites excluding steroid dienone is 2. The van der Waals surface area contributed by atoms with E-state index in [-0.39, 0.29) is 31.1 Å². The number of carbonyl (C=O) groups is 3. The summed E-state index contributed by atoms with van der Waals surface area (Å²) in [6, 6.07) is 0. The van der Waals surface area contributed by atoms with Crippen LogP contribution < -0.4 is 0 Å². The summed E-state index contributed by atoms with van der Waals surface area (Å²) in [5.41, 5.74) is 0. The van der Waals surface area contributed by atoms with Crippen LogP contribution in [0.3, 0.4) is 0 Å². The molecular weight excluding hydrogens is 829 g/mol. The van der Waals surface area contributed by atoms with Gasteiger partial charge in [-0.1, -0.05) is 290 Å². The summed E-state index contributed by atoms with van der Waals surface area (Å²) in [6.45, 7) is 6.70. The maximum absolute atomic E-state index is 12.9. The lowest BCUT2D eigenvalue weighted by atomic mass is 10.0. The Kier molecular flexibility index (Phi) is 55.2. The minimum absolute atomic E-state index is 0.0641. The molecule has 6 nitrogen and oxygen atoms in total. The molecule has 0 spiro atoms. The van der Waals surface area contributed by atoms with Crippen LogP contribution in [0.15, 0.2) is 12.2 Å². The minimum Gasteiger partial charge on any atom is -0.462 e. The zero-order chi connectivity index (χ0) is 48.6. The fourth-order valence-corrected chi connectivity index (χ4v) is 9.21. The van der Waals surface area contributed by atoms with Gasteiger partial charge in [0.25, 0.3) is 0 Å². The molecule has 0 aliphatic rings. The van der Waals surface area contributed by atoms with Gasteiger partial charge >= 0.3 is 17.9 Å². The van der Waals surface area contributed by atoms with Crippen LogP contribution in [0.4, 0.5) is 0 Å². The van der Waals surface area contributed by atoms with Crippen molar-refractivity contribution < 1.29 is 28.6 Å². The van der Waals surface area contributed by atoms with Crippen LogP contribution >= 0.6 is 0 Å². The Morgan fingerprint density at radius 2 is 0.493 bits per heavy atom. The average Bonchev–Trinajstić information content (AvgIpc) is 3.33. The summed E-state index contributed by atoms with van der Waals surface area (Å²) in [7, 11) is 0. The second-order valence-electron chi connectivity index (χ2n) is 20.6. The minimum atomic E-state index is -0.765. The summed E-state index contributed by atoms with van der Waals surface area (Å²) >= 11 is 0. The van der Waals surface area contributed by atoms with Gasteiger partial charge in [0.1, 0.15) is 13.2 Å². The van der Waals surface area contributed by atoms with Crippen LogP contribution in [0.25, 0.3) is 0 Å². The second kappa shape index (κ2) is 56.7. The molecule has 6 heteroatoms. The zero-order valence-electron chi connectivity index (χ0n) is 45.5. The normalized spacial score (nSPS) is 12.0. The van der Waals surface area contributed by atoms with Gasteiger partial charge in [0.05, 0.1) is 0 Å². The van der Waals surface area contributed by atoms with Crippen LogP contribution in [0.5, 0.6) is 0 Å². The molecule has 0 saturated heterocycles. The first-order chi connectivity index (χ1) is 33.0. The molecule has 0 unspecified atom stereocenters. The Morgan fingerprint density at radius 1 is 0.284 bits per heavy atom. The summed E-state index contributed by atoms with van der Waals surface area (Å²) in [6.07, 6.45) is 64.9. The van der Waals surface area contributed by atoms with Gasteiger partial charge in [-0.05, 0) is 44.9 Å². The van der Waals surface area contributed by atoms with Crippen molar-refractivity contribution in [2.24, 2.45) is 0 Å². The molecule has 0 bridgehead atoms. The number of rotatable bonds is 56. The van der Waals surface area contributed by atoms with Crippen molar-refractivity contribution in [1.82, 2.24) is 0 Å². The van der Waals surface area contributed by atoms with Crippen LogP contribution in [-0.4, -0.2) is 37.2 Å². The van der Waals surface area contributed by atoms with E-state index in [9.17, 15) is 14.4 Å². The van der Waals surface area contributed by atoms with E-state index in [1.165, 1.54) is 244 Å². The number of carbonyl (C=O) groups excluding carboxylic acids is 3. The van der Waals surface area contributed by atoms with E-state index in [1.54, 1.807) is 0 Å². The quantitative estimate of drug-likeness (QED) is 0.0262. The maximum Gasteiger partial charge on any atom is 0.306 e. The standard InChI is InChI=1S/C61H116O6/c1-4-7-10-13-16-19-22-25-28-29-30-31-34-36-39-42-45-48-51-54-60(63)66-57-58(67-61(64)55-52-49-46-43-40-37-33-27-24-21-18-15-12-9-6-3)56-65-59(62)53-50-47-44-41-38-35-32-26-23-20-17-14-11-8-5-2/h25,28,58H,4-24,26-27,29-57H2,1-3H3/b28-25-/t58-/m1/s1. The molecule has 0 heterocycles. The molecular formula is C61H116O6. The van der Waals surface area contributed by atoms with Gasteiger partial charge in [-0.25, -0.2) is 0 Å². The molecule has 0 N–H and O–H groups in total. The Hall–Kier alpha value is -1.85. The highest BCUT2D eigenvalue weighted by Gasteiger charge is 2.19. The van der Waals surface area contributed by atoms with Crippen molar-refractivity contribution in [3.8, 4) is 0 Å². The van der Waals surface area contributed by atoms with Gasteiger partial charge < -0.3 is 14.2 Å². The number of ether oxygens (including phenoxy) is 3. The fraction of sp³-hybridized carbons (Fsp3) is 0.918. The van der Waals surface area contributed by atoms with Gasteiger partial charge in [0.15, 0.2) is 6.10 Å². The first-order valence-corrected chi connectivity index (χ1v) is 30.2. The van der Waals surface area contributed by atoms with Gasteiger partial charge in [-0.15, -0.1) is 0 Å². The maximum atomic E-state index is 12.9. The van der Waals surface area contributed by atoms with E-state index < -0.39 is 6.10 Å². The van der Waals surface area contributed by atoms with E-state index in [2.05, 4.69) is 32.9 Å². The van der Waals surface area contributed by atoms with Gasteiger partial charge in [0.2, 0.25) is 0 Å². The van der Waals surface area contributed by atoms with Crippen LogP contribution in [0, 0.1) is 0 Å². The van der Waals surface area contributed by atoms with Gasteiger partial charge in [-0.3, -0.25) is 14.4 Å². The molecule has 0 aromatic carbocycles. The van der Waals surface area contributed by atoms with E-state index >= 15 is 0 Å². The summed E-state index contributed by atoms with van der Waals surface area (Å²) in [5, 5.41) is 0. The molecule has 0 aromatic rings. The lowest BCUT2D eigenvalue weighted by Gasteiger charge is -2.18. The van der Waals surface area contributed by atoms with Crippen LogP contribution in [-0.2, 0) is 28.6 Å². The van der Waals surface area contributed by atoms with E-state index in [1.807, 2.05) is 0 Å². The lowest BCUT2D eigenvalue weighted by molar-refractivity contribution is -0.167. The summed E-state index contributed by atoms with van der Waals surface area (Å²) in [5.74, 6) is -0.839. The number of hydrogen-bond acceptors (Lipinski definition) is 6. The monoisotopic (exact) mass is 945 g/mol. The molecule has 0 aliphatic carbocycles. The number of hydrogen-bond donors (Lipinski definition) is 0. The van der Waals surface area contributed by atoms with Crippen molar-refractivity contribution in [2.45, 2.75) is 348 Å². The topological polar surface area (TPSA) is 78.9 Å². The predicted molar refractivity (Wildman–Crippen MR) is 289 cm³/mol. The Balaban J connectivity index is 4.29. The highest BCUT2D eigenvalue weighted by molar-refractivity contribution is 5.71. The molecule has 67 heavy (non-hydrogen) atoms. The summed E-state index contributed by atoms with van der Waals surface area (Å²) in [4.78, 5) is 38.2. The average molecular weight is 946 g/mol. The van der Waals surface area contributed by atoms with Crippen molar-refractivity contribution in [3.05, 3.63) is 12.2 Å². The molecule has 0 aromatic heterocycles. The fourth-order valence-electron chi connectivity index (χ4n) is 9.21. The van der Waals surface area contributed by atoms with Crippen molar-refractivity contribution in [2.75, 3.05) is 13.2 Å². The second-order valence-corrected chi connectivity index (χ2v) is 20.6. The van der Waals surface area contributed by atoms with Crippen molar-refractivity contribution in [1.29, 1.82) is 0 Å². The Morgan fingerprint density at radius 3 is 0.746 bits per heavy atom. The smallest absolute Gasteiger partial charge is 0.306 e. The summed E-state index contributed by atoms with van der Waals surface area (Å²) < 4.78 is 16.9. The van der Waals surface area contributed by atoms with E-state index in [0.717, 1.165) is 57.8 Å². The molecule has 1 atom stereocenters. The third-order valence-corrected chi connectivity index (χ3v) is 13.8. The molecule has 396 valence electrons. The van der Waals surface area contributed by atoms with Crippen LogP contribution in [0.2, 0.25) is 0 Å². The molecule has 0 radical (unpaired) electrons. The van der Waals surface area contributed by atoms with Gasteiger partial charge in [-0.2, -0.15) is 0 Å². The van der Waals surface area contributed by atoms with Gasteiger partial charge in [0, 0.05) is 19.3 Å². The van der Waals surface area contributed by atoms with Crippen molar-refractivity contribution >= 4 is 17.9 Å². The third kappa shape index (κ3) is 55.0. The number of esters is 3. The zero-order valence-corrected chi connectivity index (χ0v) is 45.5. The SMILES string of the molecule is CCCCCCCC/C=C\CCCCCCCCCCCC(=O)OC[C@@H](COC(=O)CCCCCCCCCCCCCCCCC)OC(=O)CCCCCCCCCCCCCCCCC. The molecule has 0 saturated carbocycles.